The number of anilines is 1. The third kappa shape index (κ3) is 5.27. The highest BCUT2D eigenvalue weighted by molar-refractivity contribution is 6.04. The van der Waals surface area contributed by atoms with E-state index in [1.54, 1.807) is 30.3 Å². The Labute approximate surface area is 282 Å². The average Bonchev–Trinajstić information content (AvgIpc) is 3.77. The van der Waals surface area contributed by atoms with Crippen molar-refractivity contribution < 1.29 is 32.9 Å². The van der Waals surface area contributed by atoms with E-state index in [2.05, 4.69) is 15.8 Å². The van der Waals surface area contributed by atoms with Crippen molar-refractivity contribution in [1.82, 2.24) is 19.8 Å². The van der Waals surface area contributed by atoms with Crippen molar-refractivity contribution in [3.63, 3.8) is 0 Å². The summed E-state index contributed by atoms with van der Waals surface area (Å²) in [6.07, 6.45) is 10.6. The lowest BCUT2D eigenvalue weighted by Gasteiger charge is -2.40. The van der Waals surface area contributed by atoms with E-state index in [4.69, 9.17) is 25.6 Å². The molecule has 4 aliphatic heterocycles. The minimum absolute atomic E-state index is 0.0152. The number of fused-ring (bicyclic) bond motifs is 5. The van der Waals surface area contributed by atoms with Gasteiger partial charge in [0.15, 0.2) is 12.6 Å². The SMILES string of the molecule is C#Cc1c(F)ccc2cc(OCOC)cc(-c3ccc4c(N5C[C@H]6CC[C@@H](C5)N6C(=O)O)nc(OCC56CCCN5CCC6)nc4c3F)c12. The van der Waals surface area contributed by atoms with Crippen LogP contribution in [-0.4, -0.2) is 95.3 Å². The molecule has 4 aliphatic rings. The molecule has 12 heteroatoms. The van der Waals surface area contributed by atoms with Crippen LogP contribution < -0.4 is 14.4 Å². The van der Waals surface area contributed by atoms with Crippen molar-refractivity contribution in [2.45, 2.75) is 56.1 Å². The second-order valence-electron chi connectivity index (χ2n) is 13.5. The monoisotopic (exact) mass is 669 g/mol. The number of hydrogen-bond donors (Lipinski definition) is 1. The van der Waals surface area contributed by atoms with E-state index in [0.717, 1.165) is 51.6 Å². The average molecular weight is 670 g/mol. The quantitative estimate of drug-likeness (QED) is 0.178. The largest absolute Gasteiger partial charge is 0.468 e. The zero-order chi connectivity index (χ0) is 33.9. The highest BCUT2D eigenvalue weighted by Crippen LogP contribution is 2.43. The zero-order valence-electron chi connectivity index (χ0n) is 27.3. The van der Waals surface area contributed by atoms with Gasteiger partial charge in [-0.25, -0.2) is 13.6 Å². The Morgan fingerprint density at radius 2 is 1.80 bits per heavy atom. The molecule has 0 unspecified atom stereocenters. The first-order valence-corrected chi connectivity index (χ1v) is 16.8. The van der Waals surface area contributed by atoms with Crippen molar-refractivity contribution in [3.8, 4) is 35.2 Å². The van der Waals surface area contributed by atoms with Gasteiger partial charge in [0.05, 0.1) is 23.2 Å². The lowest BCUT2D eigenvalue weighted by atomic mass is 9.93. The van der Waals surface area contributed by atoms with E-state index < -0.39 is 17.7 Å². The first-order chi connectivity index (χ1) is 23.8. The molecule has 10 nitrogen and oxygen atoms in total. The number of nitrogens with zero attached hydrogens (tertiary/aromatic N) is 5. The molecule has 2 atom stereocenters. The fraction of sp³-hybridized carbons (Fsp3) is 0.432. The highest BCUT2D eigenvalue weighted by Gasteiger charge is 2.46. The molecule has 4 aromatic rings. The summed E-state index contributed by atoms with van der Waals surface area (Å²) in [6, 6.07) is 9.27. The molecule has 5 heterocycles. The van der Waals surface area contributed by atoms with Gasteiger partial charge in [0.1, 0.15) is 29.5 Å². The van der Waals surface area contributed by atoms with Crippen LogP contribution in [0.1, 0.15) is 44.1 Å². The normalized spacial score (nSPS) is 21.3. The zero-order valence-corrected chi connectivity index (χ0v) is 27.3. The van der Waals surface area contributed by atoms with Gasteiger partial charge in [0, 0.05) is 36.5 Å². The first-order valence-electron chi connectivity index (χ1n) is 16.8. The van der Waals surface area contributed by atoms with Crippen LogP contribution in [0.25, 0.3) is 32.8 Å². The van der Waals surface area contributed by atoms with Gasteiger partial charge in [-0.2, -0.15) is 9.97 Å². The topological polar surface area (TPSA) is 100 Å². The van der Waals surface area contributed by atoms with Crippen LogP contribution in [0.5, 0.6) is 11.8 Å². The molecule has 0 saturated carbocycles. The Morgan fingerprint density at radius 3 is 2.49 bits per heavy atom. The van der Waals surface area contributed by atoms with Gasteiger partial charge in [-0.15, -0.1) is 6.42 Å². The molecular formula is C37H37F2N5O5. The third-order valence-electron chi connectivity index (χ3n) is 10.9. The number of methoxy groups -OCH3 is 1. The van der Waals surface area contributed by atoms with Crippen LogP contribution in [-0.2, 0) is 4.74 Å². The maximum absolute atomic E-state index is 17.1. The second-order valence-corrected chi connectivity index (χ2v) is 13.5. The van der Waals surface area contributed by atoms with Gasteiger partial charge >= 0.3 is 12.1 Å². The van der Waals surface area contributed by atoms with Crippen LogP contribution in [0, 0.1) is 24.0 Å². The van der Waals surface area contributed by atoms with Crippen LogP contribution in [0.2, 0.25) is 0 Å². The van der Waals surface area contributed by atoms with E-state index in [0.29, 0.717) is 53.0 Å². The van der Waals surface area contributed by atoms with Crippen molar-refractivity contribution >= 4 is 33.6 Å². The van der Waals surface area contributed by atoms with Crippen LogP contribution in [0.3, 0.4) is 0 Å². The molecule has 254 valence electrons. The summed E-state index contributed by atoms with van der Waals surface area (Å²) in [5, 5.41) is 11.3. The summed E-state index contributed by atoms with van der Waals surface area (Å²) >= 11 is 0. The molecule has 49 heavy (non-hydrogen) atoms. The molecule has 4 saturated heterocycles. The summed E-state index contributed by atoms with van der Waals surface area (Å²) in [7, 11) is 1.50. The van der Waals surface area contributed by atoms with E-state index >= 15 is 8.78 Å². The molecule has 1 aromatic heterocycles. The number of hydrogen-bond acceptors (Lipinski definition) is 8. The van der Waals surface area contributed by atoms with Crippen molar-refractivity contribution in [2.24, 2.45) is 0 Å². The molecule has 3 aromatic carbocycles. The third-order valence-corrected chi connectivity index (χ3v) is 10.9. The van der Waals surface area contributed by atoms with Crippen LogP contribution in [0.15, 0.2) is 36.4 Å². The first kappa shape index (κ1) is 31.5. The Kier molecular flexibility index (Phi) is 7.92. The number of aromatic nitrogens is 2. The number of terminal acetylenes is 1. The Bertz CT molecular complexity index is 1990. The maximum Gasteiger partial charge on any atom is 0.407 e. The summed E-state index contributed by atoms with van der Waals surface area (Å²) in [4.78, 5) is 27.6. The Balaban J connectivity index is 1.28. The lowest BCUT2D eigenvalue weighted by molar-refractivity contribution is 0.0512. The summed E-state index contributed by atoms with van der Waals surface area (Å²) in [5.74, 6) is 2.11. The number of amides is 1. The molecule has 1 amide bonds. The number of carbonyl (C=O) groups is 1. The molecule has 4 fully saturated rings. The molecule has 0 spiro atoms. The molecule has 8 rings (SSSR count). The van der Waals surface area contributed by atoms with Gasteiger partial charge in [0.25, 0.3) is 0 Å². The van der Waals surface area contributed by atoms with Crippen LogP contribution >= 0.6 is 0 Å². The fourth-order valence-electron chi connectivity index (χ4n) is 8.66. The van der Waals surface area contributed by atoms with Crippen molar-refractivity contribution in [3.05, 3.63) is 53.6 Å². The van der Waals surface area contributed by atoms with Gasteiger partial charge in [-0.1, -0.05) is 18.1 Å². The predicted octanol–water partition coefficient (Wildman–Crippen LogP) is 6.03. The summed E-state index contributed by atoms with van der Waals surface area (Å²) in [5.41, 5.74) is 0.486. The van der Waals surface area contributed by atoms with Gasteiger partial charge in [-0.05, 0) is 86.8 Å². The van der Waals surface area contributed by atoms with E-state index in [9.17, 15) is 9.90 Å². The standard InChI is InChI=1S/C37H37F2N5O5/c1-3-26-30(38)11-6-22-16-25(49-21-47-2)17-29(31(22)26)27-9-10-28-33(32(27)39)40-35(48-20-37-12-4-14-43(37)15-5-13-37)41-34(28)42-18-23-7-8-24(19-42)44(23)36(45)46/h1,6,9-11,16-17,23-24H,4-5,7-8,12-15,18-21H2,2H3,(H,45,46)/t23-,24+. The number of benzene rings is 3. The number of piperazine rings is 1. The molecule has 0 aliphatic carbocycles. The number of halogens is 2. The number of rotatable bonds is 8. The molecular weight excluding hydrogens is 632 g/mol. The van der Waals surface area contributed by atoms with Crippen LogP contribution in [0.4, 0.5) is 19.4 Å². The smallest absolute Gasteiger partial charge is 0.407 e. The maximum atomic E-state index is 17.1. The highest BCUT2D eigenvalue weighted by atomic mass is 19.1. The molecule has 2 bridgehead atoms. The Morgan fingerprint density at radius 1 is 1.04 bits per heavy atom. The molecule has 0 radical (unpaired) electrons. The van der Waals surface area contributed by atoms with E-state index in [1.807, 2.05) is 4.90 Å². The van der Waals surface area contributed by atoms with Gasteiger partial charge < -0.3 is 24.2 Å². The van der Waals surface area contributed by atoms with Gasteiger partial charge in [0.2, 0.25) is 0 Å². The lowest BCUT2D eigenvalue weighted by Crippen LogP contribution is -2.55. The van der Waals surface area contributed by atoms with Crippen molar-refractivity contribution in [1.29, 1.82) is 0 Å². The Hall–Kier alpha value is -4.73. The number of carboxylic acid groups (broad SMARTS) is 1. The van der Waals surface area contributed by atoms with E-state index in [1.165, 1.54) is 18.1 Å². The fourth-order valence-corrected chi connectivity index (χ4v) is 8.66. The van der Waals surface area contributed by atoms with Crippen molar-refractivity contribution in [2.75, 3.05) is 51.6 Å². The minimum Gasteiger partial charge on any atom is -0.468 e. The molecule has 1 N–H and O–H groups in total. The van der Waals surface area contributed by atoms with Gasteiger partial charge in [-0.3, -0.25) is 9.80 Å². The predicted molar refractivity (Wildman–Crippen MR) is 180 cm³/mol. The van der Waals surface area contributed by atoms with E-state index in [-0.39, 0.29) is 47.1 Å². The second kappa shape index (κ2) is 12.3. The number of ether oxygens (including phenoxy) is 3. The minimum atomic E-state index is -0.928. The summed E-state index contributed by atoms with van der Waals surface area (Å²) in [6.45, 7) is 3.26. The summed E-state index contributed by atoms with van der Waals surface area (Å²) < 4.78 is 49.4.